The normalized spacial score (nSPS) is 11.0. The van der Waals surface area contributed by atoms with Crippen molar-refractivity contribution < 1.29 is 9.13 Å². The van der Waals surface area contributed by atoms with Crippen LogP contribution in [0.25, 0.3) is 0 Å². The number of benzene rings is 2. The molecule has 2 heterocycles. The monoisotopic (exact) mass is 566 g/mol. The van der Waals surface area contributed by atoms with E-state index in [0.29, 0.717) is 0 Å². The van der Waals surface area contributed by atoms with E-state index in [1.54, 1.807) is 22.7 Å². The number of rotatable bonds is 12. The Labute approximate surface area is 241 Å². The maximum absolute atomic E-state index is 4.35. The van der Waals surface area contributed by atoms with Gasteiger partial charge in [0.05, 0.1) is 24.3 Å². The molecule has 0 unspecified atom stereocenters. The first-order valence-corrected chi connectivity index (χ1v) is 14.1. The highest BCUT2D eigenvalue weighted by Crippen LogP contribution is 2.24. The van der Waals surface area contributed by atoms with Crippen LogP contribution in [-0.2, 0) is 14.1 Å². The number of aryl methyl sites for hydroxylation is 2. The lowest BCUT2D eigenvalue weighted by atomic mass is 10.2. The average molecular weight is 567 g/mol. The van der Waals surface area contributed by atoms with Crippen molar-refractivity contribution in [1.82, 2.24) is 0 Å². The summed E-state index contributed by atoms with van der Waals surface area (Å²) in [7, 11) is 8.23. The van der Waals surface area contributed by atoms with Crippen molar-refractivity contribution in [2.75, 3.05) is 37.0 Å². The first-order valence-electron chi connectivity index (χ1n) is 12.3. The minimum absolute atomic E-state index is 0. The van der Waals surface area contributed by atoms with Crippen molar-refractivity contribution in [3.05, 3.63) is 71.7 Å². The molecule has 0 aliphatic rings. The zero-order valence-electron chi connectivity index (χ0n) is 21.9. The first-order chi connectivity index (χ1) is 18.0. The third-order valence-electron chi connectivity index (χ3n) is 6.09. The fourth-order valence-electron chi connectivity index (χ4n) is 3.73. The van der Waals surface area contributed by atoms with Gasteiger partial charge in [-0.2, -0.15) is 0 Å². The Balaban J connectivity index is 0.00000267. The van der Waals surface area contributed by atoms with E-state index in [2.05, 4.69) is 68.6 Å². The summed E-state index contributed by atoms with van der Waals surface area (Å²) in [5.41, 5.74) is 4.12. The highest BCUT2D eigenvalue weighted by Gasteiger charge is 2.09. The summed E-state index contributed by atoms with van der Waals surface area (Å²) in [6, 6.07) is 16.5. The quantitative estimate of drug-likeness (QED) is 0.0983. The van der Waals surface area contributed by atoms with Gasteiger partial charge in [-0.05, 0) is 101 Å². The summed E-state index contributed by atoms with van der Waals surface area (Å²) in [4.78, 5) is 4.60. The molecule has 0 bridgehead atoms. The Bertz CT molecular complexity index is 1210. The van der Waals surface area contributed by atoms with Crippen molar-refractivity contribution in [1.29, 1.82) is 0 Å². The number of azo groups is 2. The molecule has 0 aliphatic carbocycles. The van der Waals surface area contributed by atoms with Crippen LogP contribution in [0.5, 0.6) is 0 Å². The number of thiazole rings is 2. The standard InChI is InChI=1S/C27H34N8S2.2CH4/c1-32(24-12-8-22(9-13-24)28-30-26-34(3)18-20-36-26)16-6-5-7-17-33(2)25-14-10-23(11-15-25)29-31-27-35(4)19-21-37-27;;/h8-15,18-21H,5-7,16-17H2,1-4H3;2*1H4/q+2;;. The summed E-state index contributed by atoms with van der Waals surface area (Å²) in [6.45, 7) is 2.05. The van der Waals surface area contributed by atoms with E-state index in [1.807, 2.05) is 70.6 Å². The number of anilines is 2. The molecule has 4 rings (SSSR count). The van der Waals surface area contributed by atoms with Crippen LogP contribution in [0.4, 0.5) is 33.0 Å². The summed E-state index contributed by atoms with van der Waals surface area (Å²) in [5, 5.41) is 23.1. The fourth-order valence-corrected chi connectivity index (χ4v) is 5.09. The van der Waals surface area contributed by atoms with Crippen LogP contribution in [0, 0.1) is 0 Å². The second-order valence-electron chi connectivity index (χ2n) is 8.93. The van der Waals surface area contributed by atoms with Gasteiger partial charge in [-0.3, -0.25) is 0 Å². The van der Waals surface area contributed by atoms with Crippen molar-refractivity contribution in [2.45, 2.75) is 34.1 Å². The molecule has 0 atom stereocenters. The van der Waals surface area contributed by atoms with Gasteiger partial charge < -0.3 is 9.80 Å². The molecule has 0 saturated heterocycles. The Morgan fingerprint density at radius 3 is 1.31 bits per heavy atom. The summed E-state index contributed by atoms with van der Waals surface area (Å²) < 4.78 is 3.93. The van der Waals surface area contributed by atoms with Gasteiger partial charge in [0.15, 0.2) is 0 Å². The topological polar surface area (TPSA) is 63.7 Å². The van der Waals surface area contributed by atoms with E-state index < -0.39 is 0 Å². The molecule has 0 amide bonds. The van der Waals surface area contributed by atoms with Crippen molar-refractivity contribution in [3.63, 3.8) is 0 Å². The van der Waals surface area contributed by atoms with Crippen LogP contribution in [0.1, 0.15) is 34.1 Å². The molecular weight excluding hydrogens is 525 g/mol. The molecule has 0 N–H and O–H groups in total. The van der Waals surface area contributed by atoms with Gasteiger partial charge in [-0.1, -0.05) is 14.9 Å². The largest absolute Gasteiger partial charge is 0.408 e. The lowest BCUT2D eigenvalue weighted by molar-refractivity contribution is -0.654. The van der Waals surface area contributed by atoms with E-state index in [4.69, 9.17) is 0 Å². The number of unbranched alkanes of at least 4 members (excludes halogenated alkanes) is 2. The predicted molar refractivity (Wildman–Crippen MR) is 166 cm³/mol. The Hall–Kier alpha value is -3.50. The van der Waals surface area contributed by atoms with E-state index in [-0.39, 0.29) is 14.9 Å². The zero-order chi connectivity index (χ0) is 26.0. The highest BCUT2D eigenvalue weighted by atomic mass is 32.1. The van der Waals surface area contributed by atoms with Crippen LogP contribution in [0.3, 0.4) is 0 Å². The zero-order valence-corrected chi connectivity index (χ0v) is 23.5. The number of nitrogens with zero attached hydrogens (tertiary/aromatic N) is 8. The fraction of sp³-hybridized carbons (Fsp3) is 0.379. The third kappa shape index (κ3) is 9.33. The van der Waals surface area contributed by atoms with Crippen LogP contribution < -0.4 is 18.9 Å². The Morgan fingerprint density at radius 2 is 0.974 bits per heavy atom. The van der Waals surface area contributed by atoms with Crippen LogP contribution in [-0.4, -0.2) is 27.2 Å². The maximum atomic E-state index is 4.35. The van der Waals surface area contributed by atoms with Crippen molar-refractivity contribution in [3.8, 4) is 0 Å². The number of hydrogen-bond donors (Lipinski definition) is 0. The highest BCUT2D eigenvalue weighted by molar-refractivity contribution is 7.13. The van der Waals surface area contributed by atoms with Gasteiger partial charge in [0.1, 0.15) is 23.8 Å². The van der Waals surface area contributed by atoms with Gasteiger partial charge in [0.25, 0.3) is 0 Å². The molecule has 8 nitrogen and oxygen atoms in total. The molecule has 4 aromatic rings. The Morgan fingerprint density at radius 1 is 0.590 bits per heavy atom. The Kier molecular flexibility index (Phi) is 12.9. The molecule has 0 saturated carbocycles. The molecule has 10 heteroatoms. The molecular formula is C29H42N8S2+2. The van der Waals surface area contributed by atoms with Crippen LogP contribution in [0.2, 0.25) is 0 Å². The van der Waals surface area contributed by atoms with Gasteiger partial charge in [-0.15, -0.1) is 0 Å². The number of hydrogen-bond acceptors (Lipinski definition) is 8. The molecule has 0 fully saturated rings. The SMILES string of the molecule is C.C.CN(CCCCCN(C)c1ccc(N=Nc2scc[n+]2C)cc1)c1ccc(N=Nc2scc[n+]2C)cc1. The molecule has 2 aromatic carbocycles. The van der Waals surface area contributed by atoms with Gasteiger partial charge in [0, 0.05) is 49.3 Å². The van der Waals surface area contributed by atoms with Crippen LogP contribution >= 0.6 is 22.7 Å². The minimum atomic E-state index is 0. The van der Waals surface area contributed by atoms with E-state index in [9.17, 15) is 0 Å². The minimum Gasteiger partial charge on any atom is -0.375 e. The van der Waals surface area contributed by atoms with E-state index >= 15 is 0 Å². The van der Waals surface area contributed by atoms with Crippen LogP contribution in [0.15, 0.2) is 92.1 Å². The summed E-state index contributed by atoms with van der Waals surface area (Å²) >= 11 is 3.15. The average Bonchev–Trinajstić information content (AvgIpc) is 3.53. The smallest absolute Gasteiger partial charge is 0.375 e. The molecule has 0 aliphatic heterocycles. The van der Waals surface area contributed by atoms with Crippen molar-refractivity contribution >= 4 is 55.7 Å². The molecule has 2 aromatic heterocycles. The second kappa shape index (κ2) is 15.8. The predicted octanol–water partition coefficient (Wildman–Crippen LogP) is 8.30. The molecule has 208 valence electrons. The third-order valence-corrected chi connectivity index (χ3v) is 7.77. The molecule has 0 radical (unpaired) electrons. The van der Waals surface area contributed by atoms with E-state index in [1.165, 1.54) is 17.8 Å². The van der Waals surface area contributed by atoms with E-state index in [0.717, 1.165) is 47.6 Å². The lowest BCUT2D eigenvalue weighted by Crippen LogP contribution is -2.23. The van der Waals surface area contributed by atoms with Gasteiger partial charge in [0.2, 0.25) is 0 Å². The van der Waals surface area contributed by atoms with Gasteiger partial charge >= 0.3 is 10.3 Å². The molecule has 39 heavy (non-hydrogen) atoms. The maximum Gasteiger partial charge on any atom is 0.408 e. The number of aromatic nitrogens is 2. The lowest BCUT2D eigenvalue weighted by Gasteiger charge is -2.21. The summed E-state index contributed by atoms with van der Waals surface area (Å²) in [6.07, 6.45) is 7.45. The van der Waals surface area contributed by atoms with Gasteiger partial charge in [-0.25, -0.2) is 9.13 Å². The molecule has 0 spiro atoms. The second-order valence-corrected chi connectivity index (χ2v) is 10.7. The summed E-state index contributed by atoms with van der Waals surface area (Å²) in [5.74, 6) is 0. The van der Waals surface area contributed by atoms with Crippen molar-refractivity contribution in [2.24, 2.45) is 34.6 Å². The first kappa shape index (κ1) is 31.7.